The zero-order chi connectivity index (χ0) is 18.9. The largest absolute Gasteiger partial charge is 0.482 e. The van der Waals surface area contributed by atoms with Gasteiger partial charge in [-0.15, -0.1) is 11.3 Å². The Morgan fingerprint density at radius 3 is 2.62 bits per heavy atom. The highest BCUT2D eigenvalue weighted by molar-refractivity contribution is 7.09. The van der Waals surface area contributed by atoms with E-state index in [9.17, 15) is 9.59 Å². The molecular weight excluding hydrogens is 372 g/mol. The van der Waals surface area contributed by atoms with E-state index in [1.807, 2.05) is 31.4 Å². The van der Waals surface area contributed by atoms with E-state index < -0.39 is 0 Å². The third-order valence-electron chi connectivity index (χ3n) is 3.86. The molecule has 1 aromatic carbocycles. The lowest BCUT2D eigenvalue weighted by Crippen LogP contribution is -2.34. The highest BCUT2D eigenvalue weighted by atomic mass is 35.5. The second kappa shape index (κ2) is 10.2. The number of halogens is 1. The Kier molecular flexibility index (Phi) is 7.94. The van der Waals surface area contributed by atoms with Crippen molar-refractivity contribution in [1.82, 2.24) is 4.90 Å². The van der Waals surface area contributed by atoms with Crippen LogP contribution in [0.3, 0.4) is 0 Å². The van der Waals surface area contributed by atoms with Crippen molar-refractivity contribution in [3.63, 3.8) is 0 Å². The van der Waals surface area contributed by atoms with Crippen molar-refractivity contribution in [3.05, 3.63) is 45.6 Å². The molecule has 1 aromatic heterocycles. The molecule has 1 N–H and O–H groups in total. The number of hydrogen-bond donors (Lipinski definition) is 1. The highest BCUT2D eigenvalue weighted by Crippen LogP contribution is 2.28. The summed E-state index contributed by atoms with van der Waals surface area (Å²) in [6.45, 7) is 5.06. The molecule has 0 radical (unpaired) electrons. The first kappa shape index (κ1) is 20.3. The molecule has 5 nitrogen and oxygen atoms in total. The van der Waals surface area contributed by atoms with E-state index in [2.05, 4.69) is 5.32 Å². The number of rotatable bonds is 9. The maximum atomic E-state index is 12.0. The Labute approximate surface area is 162 Å². The van der Waals surface area contributed by atoms with Gasteiger partial charge in [0, 0.05) is 30.1 Å². The molecule has 0 atom stereocenters. The molecule has 1 heterocycles. The fourth-order valence-corrected chi connectivity index (χ4v) is 3.36. The van der Waals surface area contributed by atoms with Gasteiger partial charge < -0.3 is 15.0 Å². The van der Waals surface area contributed by atoms with Crippen LogP contribution in [0, 0.1) is 0 Å². The molecule has 140 valence electrons. The average molecular weight is 395 g/mol. The van der Waals surface area contributed by atoms with E-state index in [1.54, 1.807) is 34.4 Å². The Bertz CT molecular complexity index is 730. The van der Waals surface area contributed by atoms with E-state index >= 15 is 0 Å². The highest BCUT2D eigenvalue weighted by Gasteiger charge is 2.12. The molecule has 2 aromatic rings. The zero-order valence-corrected chi connectivity index (χ0v) is 16.5. The minimum Gasteiger partial charge on any atom is -0.482 e. The number of thiophene rings is 1. The summed E-state index contributed by atoms with van der Waals surface area (Å²) in [5.74, 6) is 0.264. The second-order valence-corrected chi connectivity index (χ2v) is 7.07. The Morgan fingerprint density at radius 2 is 2.00 bits per heavy atom. The van der Waals surface area contributed by atoms with Crippen molar-refractivity contribution in [1.29, 1.82) is 0 Å². The van der Waals surface area contributed by atoms with Crippen LogP contribution in [0.2, 0.25) is 5.02 Å². The standard InChI is InChI=1S/C19H23ClN2O3S/c1-3-22(4-2)19(24)13-25-17-9-7-14(12-16(17)20)21-18(23)10-8-15-6-5-11-26-15/h5-7,9,11-12H,3-4,8,10,13H2,1-2H3,(H,21,23). The molecule has 0 aliphatic heterocycles. The fraction of sp³-hybridized carbons (Fsp3) is 0.368. The number of anilines is 1. The Hall–Kier alpha value is -2.05. The van der Waals surface area contributed by atoms with Gasteiger partial charge in [-0.05, 0) is 49.9 Å². The molecule has 26 heavy (non-hydrogen) atoms. The predicted octanol–water partition coefficient (Wildman–Crippen LogP) is 4.22. The van der Waals surface area contributed by atoms with Crippen molar-refractivity contribution < 1.29 is 14.3 Å². The Morgan fingerprint density at radius 1 is 1.23 bits per heavy atom. The van der Waals surface area contributed by atoms with Crippen LogP contribution < -0.4 is 10.1 Å². The van der Waals surface area contributed by atoms with E-state index in [0.717, 1.165) is 0 Å². The zero-order valence-electron chi connectivity index (χ0n) is 15.0. The number of ether oxygens (including phenoxy) is 1. The SMILES string of the molecule is CCN(CC)C(=O)COc1ccc(NC(=O)CCc2cccs2)cc1Cl. The Balaban J connectivity index is 1.86. The van der Waals surface area contributed by atoms with Crippen LogP contribution in [0.5, 0.6) is 5.75 Å². The van der Waals surface area contributed by atoms with Crippen molar-refractivity contribution in [2.24, 2.45) is 0 Å². The number of aryl methyl sites for hydroxylation is 1. The lowest BCUT2D eigenvalue weighted by molar-refractivity contribution is -0.133. The average Bonchev–Trinajstić information content (AvgIpc) is 3.14. The van der Waals surface area contributed by atoms with Crippen molar-refractivity contribution >= 4 is 40.4 Å². The topological polar surface area (TPSA) is 58.6 Å². The molecule has 2 amide bonds. The van der Waals surface area contributed by atoms with E-state index in [1.165, 1.54) is 4.88 Å². The number of carbonyl (C=O) groups is 2. The maximum Gasteiger partial charge on any atom is 0.260 e. The van der Waals surface area contributed by atoms with Crippen LogP contribution in [0.15, 0.2) is 35.7 Å². The van der Waals surface area contributed by atoms with Crippen LogP contribution in [0.25, 0.3) is 0 Å². The van der Waals surface area contributed by atoms with Gasteiger partial charge in [0.05, 0.1) is 5.02 Å². The van der Waals surface area contributed by atoms with Gasteiger partial charge in [-0.1, -0.05) is 17.7 Å². The molecule has 0 aliphatic rings. The van der Waals surface area contributed by atoms with Crippen LogP contribution >= 0.6 is 22.9 Å². The molecule has 7 heteroatoms. The van der Waals surface area contributed by atoms with E-state index in [-0.39, 0.29) is 18.4 Å². The van der Waals surface area contributed by atoms with Crippen molar-refractivity contribution in [3.8, 4) is 5.75 Å². The molecular formula is C19H23ClN2O3S. The van der Waals surface area contributed by atoms with Crippen LogP contribution in [-0.2, 0) is 16.0 Å². The monoisotopic (exact) mass is 394 g/mol. The minimum absolute atomic E-state index is 0.0616. The molecule has 0 saturated carbocycles. The summed E-state index contributed by atoms with van der Waals surface area (Å²) in [7, 11) is 0. The lowest BCUT2D eigenvalue weighted by Gasteiger charge is -2.19. The predicted molar refractivity (Wildman–Crippen MR) is 106 cm³/mol. The summed E-state index contributed by atoms with van der Waals surface area (Å²) in [5, 5.41) is 5.18. The molecule has 0 saturated heterocycles. The van der Waals surface area contributed by atoms with Gasteiger partial charge in [0.1, 0.15) is 5.75 Å². The lowest BCUT2D eigenvalue weighted by atomic mass is 10.2. The van der Waals surface area contributed by atoms with Gasteiger partial charge in [-0.3, -0.25) is 9.59 Å². The quantitative estimate of drug-likeness (QED) is 0.692. The van der Waals surface area contributed by atoms with Gasteiger partial charge in [-0.2, -0.15) is 0 Å². The smallest absolute Gasteiger partial charge is 0.260 e. The number of hydrogen-bond acceptors (Lipinski definition) is 4. The number of benzene rings is 1. The second-order valence-electron chi connectivity index (χ2n) is 5.63. The maximum absolute atomic E-state index is 12.0. The van der Waals surface area contributed by atoms with Crippen LogP contribution in [0.1, 0.15) is 25.1 Å². The van der Waals surface area contributed by atoms with Crippen molar-refractivity contribution in [2.45, 2.75) is 26.7 Å². The molecule has 0 bridgehead atoms. The number of amides is 2. The van der Waals surface area contributed by atoms with E-state index in [4.69, 9.17) is 16.3 Å². The van der Waals surface area contributed by atoms with Gasteiger partial charge in [-0.25, -0.2) is 0 Å². The molecule has 2 rings (SSSR count). The third-order valence-corrected chi connectivity index (χ3v) is 5.09. The summed E-state index contributed by atoms with van der Waals surface area (Å²) in [6, 6.07) is 8.99. The molecule has 0 spiro atoms. The number of nitrogens with one attached hydrogen (secondary N) is 1. The minimum atomic E-state index is -0.0861. The van der Waals surface area contributed by atoms with E-state index in [0.29, 0.717) is 42.4 Å². The van der Waals surface area contributed by atoms with Crippen LogP contribution in [0.4, 0.5) is 5.69 Å². The van der Waals surface area contributed by atoms with Gasteiger partial charge in [0.25, 0.3) is 5.91 Å². The summed E-state index contributed by atoms with van der Waals surface area (Å²) < 4.78 is 5.51. The first-order valence-corrected chi connectivity index (χ1v) is 9.81. The number of likely N-dealkylation sites (N-methyl/N-ethyl adjacent to an activating group) is 1. The summed E-state index contributed by atoms with van der Waals surface area (Å²) in [5.41, 5.74) is 0.605. The molecule has 0 fully saturated rings. The summed E-state index contributed by atoms with van der Waals surface area (Å²) in [4.78, 5) is 26.9. The normalized spacial score (nSPS) is 10.4. The van der Waals surface area contributed by atoms with Crippen molar-refractivity contribution in [2.75, 3.05) is 25.0 Å². The van der Waals surface area contributed by atoms with Gasteiger partial charge in [0.15, 0.2) is 6.61 Å². The molecule has 0 unspecified atom stereocenters. The molecule has 0 aliphatic carbocycles. The fourth-order valence-electron chi connectivity index (χ4n) is 2.42. The number of carbonyl (C=O) groups excluding carboxylic acids is 2. The van der Waals surface area contributed by atoms with Gasteiger partial charge >= 0.3 is 0 Å². The van der Waals surface area contributed by atoms with Crippen LogP contribution in [-0.4, -0.2) is 36.4 Å². The summed E-state index contributed by atoms with van der Waals surface area (Å²) in [6.07, 6.45) is 1.13. The third kappa shape index (κ3) is 6.04. The summed E-state index contributed by atoms with van der Waals surface area (Å²) >= 11 is 7.84. The number of nitrogens with zero attached hydrogens (tertiary/aromatic N) is 1. The van der Waals surface area contributed by atoms with Gasteiger partial charge in [0.2, 0.25) is 5.91 Å². The first-order valence-electron chi connectivity index (χ1n) is 8.55. The first-order chi connectivity index (χ1) is 12.5.